The Morgan fingerprint density at radius 1 is 1.00 bits per heavy atom. The maximum Gasteiger partial charge on any atom is 0.185 e. The Morgan fingerprint density at radius 2 is 1.74 bits per heavy atom. The lowest BCUT2D eigenvalue weighted by atomic mass is 10.1. The highest BCUT2D eigenvalue weighted by atomic mass is 16.1. The zero-order valence-corrected chi connectivity index (χ0v) is 15.7. The molecule has 2 aromatic carbocycles. The van der Waals surface area contributed by atoms with Gasteiger partial charge in [0, 0.05) is 29.6 Å². The minimum Gasteiger partial charge on any atom is -0.356 e. The summed E-state index contributed by atoms with van der Waals surface area (Å²) in [5.74, 6) is 1.01. The standard InChI is InChI=1S/C24H24N2O/c1-18-9-11-19(12-10-18)23(27)14-13-21-17-20-7-3-4-8-22(20)25-24(21)26-15-5-2-6-16-26/h3-4,7-14,17H,2,5-6,15-16H2,1H3/b14-13+. The van der Waals surface area contributed by atoms with Crippen LogP contribution in [0.4, 0.5) is 5.82 Å². The summed E-state index contributed by atoms with van der Waals surface area (Å²) in [5, 5.41) is 1.10. The number of carbonyl (C=O) groups excluding carboxylic acids is 1. The Morgan fingerprint density at radius 3 is 2.52 bits per heavy atom. The molecule has 0 unspecified atom stereocenters. The van der Waals surface area contributed by atoms with Crippen molar-refractivity contribution in [2.45, 2.75) is 26.2 Å². The number of hydrogen-bond donors (Lipinski definition) is 0. The molecule has 0 bridgehead atoms. The maximum absolute atomic E-state index is 12.6. The van der Waals surface area contributed by atoms with E-state index in [0.29, 0.717) is 5.56 Å². The molecule has 0 atom stereocenters. The second-order valence-electron chi connectivity index (χ2n) is 7.21. The third-order valence-corrected chi connectivity index (χ3v) is 5.14. The van der Waals surface area contributed by atoms with Gasteiger partial charge in [0.25, 0.3) is 0 Å². The highest BCUT2D eigenvalue weighted by molar-refractivity contribution is 6.07. The van der Waals surface area contributed by atoms with E-state index in [-0.39, 0.29) is 5.78 Å². The number of benzene rings is 2. The van der Waals surface area contributed by atoms with E-state index < -0.39 is 0 Å². The van der Waals surface area contributed by atoms with Gasteiger partial charge in [-0.1, -0.05) is 48.0 Å². The van der Waals surface area contributed by atoms with E-state index in [9.17, 15) is 4.79 Å². The molecule has 4 rings (SSSR count). The van der Waals surface area contributed by atoms with Crippen LogP contribution in [0.15, 0.2) is 60.7 Å². The molecule has 3 heteroatoms. The average Bonchev–Trinajstić information content (AvgIpc) is 2.72. The average molecular weight is 356 g/mol. The first-order chi connectivity index (χ1) is 13.2. The molecule has 0 radical (unpaired) electrons. The van der Waals surface area contributed by atoms with E-state index in [0.717, 1.165) is 40.9 Å². The van der Waals surface area contributed by atoms with Crippen molar-refractivity contribution in [3.05, 3.63) is 77.4 Å². The van der Waals surface area contributed by atoms with E-state index in [2.05, 4.69) is 17.0 Å². The van der Waals surface area contributed by atoms with Gasteiger partial charge in [-0.15, -0.1) is 0 Å². The van der Waals surface area contributed by atoms with Gasteiger partial charge in [-0.05, 0) is 50.5 Å². The third-order valence-electron chi connectivity index (χ3n) is 5.14. The Balaban J connectivity index is 1.70. The summed E-state index contributed by atoms with van der Waals surface area (Å²) in [6.45, 7) is 4.08. The number of aryl methyl sites for hydroxylation is 1. The van der Waals surface area contributed by atoms with Crippen molar-refractivity contribution in [2.24, 2.45) is 0 Å². The number of hydrogen-bond acceptors (Lipinski definition) is 3. The number of para-hydroxylation sites is 1. The van der Waals surface area contributed by atoms with Crippen LogP contribution >= 0.6 is 0 Å². The molecule has 27 heavy (non-hydrogen) atoms. The van der Waals surface area contributed by atoms with E-state index in [4.69, 9.17) is 4.98 Å². The van der Waals surface area contributed by atoms with Gasteiger partial charge in [0.1, 0.15) is 5.82 Å². The minimum absolute atomic E-state index is 0.0211. The van der Waals surface area contributed by atoms with Gasteiger partial charge in [-0.25, -0.2) is 4.98 Å². The quantitative estimate of drug-likeness (QED) is 0.462. The Labute approximate surface area is 160 Å². The molecule has 2 heterocycles. The predicted octanol–water partition coefficient (Wildman–Crippen LogP) is 5.43. The van der Waals surface area contributed by atoms with Crippen LogP contribution in [0.1, 0.15) is 40.7 Å². The van der Waals surface area contributed by atoms with Crippen molar-refractivity contribution >= 4 is 28.6 Å². The van der Waals surface area contributed by atoms with Crippen molar-refractivity contribution < 1.29 is 4.79 Å². The lowest BCUT2D eigenvalue weighted by molar-refractivity contribution is 0.104. The number of allylic oxidation sites excluding steroid dienone is 1. The van der Waals surface area contributed by atoms with Crippen LogP contribution in [0.2, 0.25) is 0 Å². The zero-order chi connectivity index (χ0) is 18.6. The minimum atomic E-state index is 0.0211. The van der Waals surface area contributed by atoms with Gasteiger partial charge in [0.2, 0.25) is 0 Å². The van der Waals surface area contributed by atoms with Crippen molar-refractivity contribution in [2.75, 3.05) is 18.0 Å². The van der Waals surface area contributed by atoms with E-state index in [1.165, 1.54) is 19.3 Å². The van der Waals surface area contributed by atoms with Gasteiger partial charge >= 0.3 is 0 Å². The van der Waals surface area contributed by atoms with Gasteiger partial charge in [0.15, 0.2) is 5.78 Å². The van der Waals surface area contributed by atoms with E-state index in [1.807, 2.05) is 55.5 Å². The van der Waals surface area contributed by atoms with Gasteiger partial charge < -0.3 is 4.90 Å². The largest absolute Gasteiger partial charge is 0.356 e. The fourth-order valence-electron chi connectivity index (χ4n) is 3.58. The molecule has 136 valence electrons. The van der Waals surface area contributed by atoms with E-state index >= 15 is 0 Å². The Kier molecular flexibility index (Phi) is 5.01. The summed E-state index contributed by atoms with van der Waals surface area (Å²) in [7, 11) is 0. The number of nitrogens with zero attached hydrogens (tertiary/aromatic N) is 2. The van der Waals surface area contributed by atoms with Gasteiger partial charge in [0.05, 0.1) is 5.52 Å². The summed E-state index contributed by atoms with van der Waals surface area (Å²) in [4.78, 5) is 19.8. The van der Waals surface area contributed by atoms with Gasteiger partial charge in [-0.2, -0.15) is 0 Å². The smallest absolute Gasteiger partial charge is 0.185 e. The third kappa shape index (κ3) is 3.92. The number of aromatic nitrogens is 1. The molecule has 1 fully saturated rings. The zero-order valence-electron chi connectivity index (χ0n) is 15.7. The molecule has 1 saturated heterocycles. The summed E-state index contributed by atoms with van der Waals surface area (Å²) < 4.78 is 0. The molecular weight excluding hydrogens is 332 g/mol. The highest BCUT2D eigenvalue weighted by Crippen LogP contribution is 2.27. The Bertz CT molecular complexity index is 983. The summed E-state index contributed by atoms with van der Waals surface area (Å²) in [6, 6.07) is 18.0. The van der Waals surface area contributed by atoms with Crippen molar-refractivity contribution in [1.82, 2.24) is 4.98 Å². The molecule has 0 saturated carbocycles. The fourth-order valence-corrected chi connectivity index (χ4v) is 3.58. The molecule has 3 nitrogen and oxygen atoms in total. The van der Waals surface area contributed by atoms with Crippen molar-refractivity contribution in [3.63, 3.8) is 0 Å². The van der Waals surface area contributed by atoms with Crippen molar-refractivity contribution in [3.8, 4) is 0 Å². The number of carbonyl (C=O) groups is 1. The summed E-state index contributed by atoms with van der Waals surface area (Å²) in [5.41, 5.74) is 3.88. The van der Waals surface area contributed by atoms with Crippen molar-refractivity contribution in [1.29, 1.82) is 0 Å². The molecule has 1 aliphatic heterocycles. The molecule has 3 aromatic rings. The molecule has 0 N–H and O–H groups in total. The maximum atomic E-state index is 12.6. The molecule has 0 aliphatic carbocycles. The van der Waals surface area contributed by atoms with Crippen LogP contribution in [-0.4, -0.2) is 23.9 Å². The second-order valence-corrected chi connectivity index (χ2v) is 7.21. The lowest BCUT2D eigenvalue weighted by Gasteiger charge is -2.29. The molecular formula is C24H24N2O. The van der Waals surface area contributed by atoms with Crippen LogP contribution < -0.4 is 4.90 Å². The summed E-state index contributed by atoms with van der Waals surface area (Å²) >= 11 is 0. The SMILES string of the molecule is Cc1ccc(C(=O)/C=C/c2cc3ccccc3nc2N2CCCCC2)cc1. The molecule has 1 aliphatic rings. The van der Waals surface area contributed by atoms with Crippen LogP contribution in [-0.2, 0) is 0 Å². The first-order valence-corrected chi connectivity index (χ1v) is 9.64. The van der Waals surface area contributed by atoms with Gasteiger partial charge in [-0.3, -0.25) is 4.79 Å². The number of fused-ring (bicyclic) bond motifs is 1. The highest BCUT2D eigenvalue weighted by Gasteiger charge is 2.16. The molecule has 0 spiro atoms. The fraction of sp³-hybridized carbons (Fsp3) is 0.250. The summed E-state index contributed by atoms with van der Waals surface area (Å²) in [6.07, 6.45) is 7.26. The number of piperidine rings is 1. The molecule has 1 aromatic heterocycles. The van der Waals surface area contributed by atoms with E-state index in [1.54, 1.807) is 6.08 Å². The second kappa shape index (κ2) is 7.75. The monoisotopic (exact) mass is 356 g/mol. The Hall–Kier alpha value is -2.94. The first-order valence-electron chi connectivity index (χ1n) is 9.64. The number of pyridine rings is 1. The topological polar surface area (TPSA) is 33.2 Å². The van der Waals surface area contributed by atoms with Crippen LogP contribution in [0.25, 0.3) is 17.0 Å². The number of ketones is 1. The lowest BCUT2D eigenvalue weighted by Crippen LogP contribution is -2.30. The predicted molar refractivity (Wildman–Crippen MR) is 112 cm³/mol. The number of anilines is 1. The van der Waals surface area contributed by atoms with Crippen LogP contribution in [0.5, 0.6) is 0 Å². The molecule has 0 amide bonds. The number of rotatable bonds is 4. The van der Waals surface area contributed by atoms with Crippen LogP contribution in [0, 0.1) is 6.92 Å². The normalized spacial score (nSPS) is 14.8. The first kappa shape index (κ1) is 17.5. The van der Waals surface area contributed by atoms with Crippen LogP contribution in [0.3, 0.4) is 0 Å².